The van der Waals surface area contributed by atoms with Gasteiger partial charge in [-0.1, -0.05) is 16.0 Å². The zero-order chi connectivity index (χ0) is 19.6. The van der Waals surface area contributed by atoms with Gasteiger partial charge in [-0.25, -0.2) is 0 Å². The van der Waals surface area contributed by atoms with Crippen molar-refractivity contribution in [1.82, 2.24) is 0 Å². The van der Waals surface area contributed by atoms with E-state index in [0.29, 0.717) is 16.6 Å². The largest absolute Gasteiger partial charge is 0.494 e. The quantitative estimate of drug-likeness (QED) is 0.502. The van der Waals surface area contributed by atoms with Crippen LogP contribution < -0.4 is 9.65 Å². The van der Waals surface area contributed by atoms with Crippen LogP contribution >= 0.6 is 0 Å². The van der Waals surface area contributed by atoms with E-state index in [9.17, 15) is 12.3 Å². The summed E-state index contributed by atoms with van der Waals surface area (Å²) in [5.41, 5.74) is 0.988. The Bertz CT molecular complexity index is 1140. The molecule has 1 aliphatic heterocycles. The maximum absolute atomic E-state index is 12.8. The van der Waals surface area contributed by atoms with Gasteiger partial charge in [-0.15, -0.1) is 0 Å². The minimum Gasteiger partial charge on any atom is -0.456 e. The summed E-state index contributed by atoms with van der Waals surface area (Å²) in [7, 11) is -5.65. The SMILES string of the molecule is CC1(C)OB(c2ccc3oc4ccc(OS(=O)(=O)F)cc4c3c2)OC1(C)C. The highest BCUT2D eigenvalue weighted by molar-refractivity contribution is 7.81. The van der Waals surface area contributed by atoms with E-state index in [4.69, 9.17) is 13.7 Å². The Morgan fingerprint density at radius 3 is 2.07 bits per heavy atom. The van der Waals surface area contributed by atoms with Crippen molar-refractivity contribution in [1.29, 1.82) is 0 Å². The third kappa shape index (κ3) is 3.20. The van der Waals surface area contributed by atoms with Crippen LogP contribution in [-0.4, -0.2) is 26.7 Å². The predicted octanol–water partition coefficient (Wildman–Crippen LogP) is 3.48. The average molecular weight is 392 g/mol. The molecule has 1 aromatic heterocycles. The van der Waals surface area contributed by atoms with Gasteiger partial charge in [-0.2, -0.15) is 8.42 Å². The number of hydrogen-bond acceptors (Lipinski definition) is 6. The fourth-order valence-electron chi connectivity index (χ4n) is 3.07. The van der Waals surface area contributed by atoms with Gasteiger partial charge in [0.05, 0.1) is 11.2 Å². The van der Waals surface area contributed by atoms with Crippen molar-refractivity contribution >= 4 is 45.0 Å². The molecule has 2 aromatic carbocycles. The van der Waals surface area contributed by atoms with Crippen LogP contribution in [0.5, 0.6) is 5.75 Å². The molecule has 4 rings (SSSR count). The first-order chi connectivity index (χ1) is 12.5. The van der Waals surface area contributed by atoms with Crippen LogP contribution in [0.1, 0.15) is 27.7 Å². The maximum atomic E-state index is 12.8. The van der Waals surface area contributed by atoms with Crippen molar-refractivity contribution in [2.24, 2.45) is 0 Å². The summed E-state index contributed by atoms with van der Waals surface area (Å²) < 4.78 is 56.5. The Morgan fingerprint density at radius 2 is 1.48 bits per heavy atom. The van der Waals surface area contributed by atoms with Crippen molar-refractivity contribution in [2.75, 3.05) is 0 Å². The molecule has 0 radical (unpaired) electrons. The molecule has 3 aromatic rings. The van der Waals surface area contributed by atoms with Crippen LogP contribution in [0.2, 0.25) is 0 Å². The Kier molecular flexibility index (Phi) is 3.86. The minimum absolute atomic E-state index is 0.131. The first kappa shape index (κ1) is 18.3. The van der Waals surface area contributed by atoms with E-state index >= 15 is 0 Å². The van der Waals surface area contributed by atoms with Gasteiger partial charge >= 0.3 is 17.6 Å². The molecule has 142 valence electrons. The van der Waals surface area contributed by atoms with Gasteiger partial charge in [0.1, 0.15) is 16.9 Å². The molecule has 0 amide bonds. The highest BCUT2D eigenvalue weighted by Gasteiger charge is 2.51. The average Bonchev–Trinajstić information content (AvgIpc) is 2.99. The Labute approximate surface area is 156 Å². The van der Waals surface area contributed by atoms with E-state index in [-0.39, 0.29) is 5.75 Å². The summed E-state index contributed by atoms with van der Waals surface area (Å²) in [5, 5.41) is 1.32. The highest BCUT2D eigenvalue weighted by atomic mass is 32.3. The lowest BCUT2D eigenvalue weighted by Gasteiger charge is -2.32. The third-order valence-corrected chi connectivity index (χ3v) is 5.58. The number of halogens is 1. The van der Waals surface area contributed by atoms with Gasteiger partial charge in [0.25, 0.3) is 0 Å². The zero-order valence-corrected chi connectivity index (χ0v) is 16.1. The van der Waals surface area contributed by atoms with E-state index < -0.39 is 28.8 Å². The molecule has 27 heavy (non-hydrogen) atoms. The molecule has 2 heterocycles. The van der Waals surface area contributed by atoms with Gasteiger partial charge < -0.3 is 17.9 Å². The zero-order valence-electron chi connectivity index (χ0n) is 15.3. The second kappa shape index (κ2) is 5.70. The van der Waals surface area contributed by atoms with Crippen LogP contribution in [0, 0.1) is 0 Å². The molecule has 1 aliphatic rings. The van der Waals surface area contributed by atoms with Crippen molar-refractivity contribution in [3.05, 3.63) is 36.4 Å². The van der Waals surface area contributed by atoms with E-state index in [1.165, 1.54) is 18.2 Å². The molecule has 0 N–H and O–H groups in total. The molecule has 1 fully saturated rings. The summed E-state index contributed by atoms with van der Waals surface area (Å²) in [4.78, 5) is 0. The van der Waals surface area contributed by atoms with Crippen molar-refractivity contribution in [2.45, 2.75) is 38.9 Å². The van der Waals surface area contributed by atoms with Gasteiger partial charge in [0, 0.05) is 10.8 Å². The van der Waals surface area contributed by atoms with E-state index in [1.54, 1.807) is 6.07 Å². The van der Waals surface area contributed by atoms with Gasteiger partial charge in [0.2, 0.25) is 0 Å². The second-order valence-electron chi connectivity index (χ2n) is 7.58. The van der Waals surface area contributed by atoms with Crippen LogP contribution in [-0.2, 0) is 19.8 Å². The number of fused-ring (bicyclic) bond motifs is 3. The smallest absolute Gasteiger partial charge is 0.456 e. The van der Waals surface area contributed by atoms with Crippen molar-refractivity contribution in [3.8, 4) is 5.75 Å². The molecule has 0 saturated carbocycles. The van der Waals surface area contributed by atoms with Gasteiger partial charge in [0.15, 0.2) is 0 Å². The normalized spacial score (nSPS) is 19.1. The van der Waals surface area contributed by atoms with Crippen LogP contribution in [0.4, 0.5) is 3.89 Å². The topological polar surface area (TPSA) is 75.0 Å². The fourth-order valence-corrected chi connectivity index (χ4v) is 3.40. The molecule has 0 aliphatic carbocycles. The van der Waals surface area contributed by atoms with Crippen LogP contribution in [0.3, 0.4) is 0 Å². The molecule has 0 spiro atoms. The molecule has 9 heteroatoms. The van der Waals surface area contributed by atoms with E-state index in [1.807, 2.05) is 39.8 Å². The molecular weight excluding hydrogens is 374 g/mol. The molecular formula is C18H18BFO6S. The van der Waals surface area contributed by atoms with Crippen molar-refractivity contribution < 1.29 is 30.2 Å². The Morgan fingerprint density at radius 1 is 0.926 bits per heavy atom. The van der Waals surface area contributed by atoms with Crippen LogP contribution in [0.15, 0.2) is 40.8 Å². The fraction of sp³-hybridized carbons (Fsp3) is 0.333. The van der Waals surface area contributed by atoms with E-state index in [2.05, 4.69) is 4.18 Å². The Hall–Kier alpha value is -2.10. The second-order valence-corrected chi connectivity index (χ2v) is 8.53. The lowest BCUT2D eigenvalue weighted by molar-refractivity contribution is 0.00578. The molecule has 0 atom stereocenters. The summed E-state index contributed by atoms with van der Waals surface area (Å²) in [5.74, 6) is -0.131. The van der Waals surface area contributed by atoms with Crippen LogP contribution in [0.25, 0.3) is 21.9 Å². The Balaban J connectivity index is 1.79. The standard InChI is InChI=1S/C18H18BFO6S/c1-17(2)18(3,4)26-19(25-17)11-5-7-15-13(9-11)14-10-12(24-27(20,21)22)6-8-16(14)23-15/h5-10H,1-4H3. The van der Waals surface area contributed by atoms with Gasteiger partial charge in [-0.05, 0) is 57.4 Å². The minimum atomic E-state index is -5.10. The summed E-state index contributed by atoms with van der Waals surface area (Å²) in [6.07, 6.45) is 0. The highest BCUT2D eigenvalue weighted by Crippen LogP contribution is 2.37. The number of hydrogen-bond donors (Lipinski definition) is 0. The third-order valence-electron chi connectivity index (χ3n) is 5.19. The summed E-state index contributed by atoms with van der Waals surface area (Å²) >= 11 is 0. The lowest BCUT2D eigenvalue weighted by Crippen LogP contribution is -2.41. The number of furan rings is 1. The monoisotopic (exact) mass is 392 g/mol. The van der Waals surface area contributed by atoms with Crippen molar-refractivity contribution in [3.63, 3.8) is 0 Å². The molecule has 6 nitrogen and oxygen atoms in total. The van der Waals surface area contributed by atoms with E-state index in [0.717, 1.165) is 10.8 Å². The first-order valence-corrected chi connectivity index (χ1v) is 9.72. The molecule has 1 saturated heterocycles. The maximum Gasteiger partial charge on any atom is 0.494 e. The number of benzene rings is 2. The predicted molar refractivity (Wildman–Crippen MR) is 100 cm³/mol. The number of rotatable bonds is 3. The summed E-state index contributed by atoms with van der Waals surface area (Å²) in [6, 6.07) is 9.79. The lowest BCUT2D eigenvalue weighted by atomic mass is 9.78. The summed E-state index contributed by atoms with van der Waals surface area (Å²) in [6.45, 7) is 7.89. The van der Waals surface area contributed by atoms with Gasteiger partial charge in [-0.3, -0.25) is 0 Å². The first-order valence-electron chi connectivity index (χ1n) is 8.41. The molecule has 0 bridgehead atoms. The molecule has 0 unspecified atom stereocenters.